The Labute approximate surface area is 194 Å². The summed E-state index contributed by atoms with van der Waals surface area (Å²) in [7, 11) is -7.07. The van der Waals surface area contributed by atoms with E-state index in [0.29, 0.717) is 38.3 Å². The number of nitrogens with two attached hydrogens (primary N) is 1. The second kappa shape index (κ2) is 9.92. The minimum Gasteiger partial charge on any atom is -0.379 e. The van der Waals surface area contributed by atoms with Gasteiger partial charge in [0.15, 0.2) is 14.9 Å². The average molecular weight is 502 g/mol. The Morgan fingerprint density at radius 1 is 1.15 bits per heavy atom. The van der Waals surface area contributed by atoms with Gasteiger partial charge in [-0.05, 0) is 24.1 Å². The predicted octanol–water partition coefficient (Wildman–Crippen LogP) is -1.49. The molecule has 11 nitrogen and oxygen atoms in total. The smallest absolute Gasteiger partial charge is 0.260 e. The molecule has 2 N–H and O–H groups in total. The monoisotopic (exact) mass is 501 g/mol. The van der Waals surface area contributed by atoms with Crippen molar-refractivity contribution in [2.24, 2.45) is 11.7 Å². The molecule has 0 aliphatic carbocycles. The molecule has 184 valence electrons. The second-order valence-corrected chi connectivity index (χ2v) is 12.9. The zero-order valence-corrected chi connectivity index (χ0v) is 20.1. The Morgan fingerprint density at radius 3 is 2.52 bits per heavy atom. The Bertz CT molecular complexity index is 1060. The van der Waals surface area contributed by atoms with Crippen molar-refractivity contribution in [1.82, 2.24) is 19.1 Å². The van der Waals surface area contributed by atoms with Gasteiger partial charge in [0.1, 0.15) is 0 Å². The topological polar surface area (TPSA) is 143 Å². The number of hydrogen-bond donors (Lipinski definition) is 1. The molecule has 1 aromatic heterocycles. The first-order valence-electron chi connectivity index (χ1n) is 11.2. The van der Waals surface area contributed by atoms with Crippen LogP contribution in [-0.4, -0.2) is 112 Å². The number of rotatable bonds is 5. The van der Waals surface area contributed by atoms with E-state index < -0.39 is 25.8 Å². The van der Waals surface area contributed by atoms with Gasteiger partial charge in [0.2, 0.25) is 5.91 Å². The van der Waals surface area contributed by atoms with Gasteiger partial charge in [-0.3, -0.25) is 9.69 Å². The molecule has 1 aromatic rings. The van der Waals surface area contributed by atoms with E-state index >= 15 is 0 Å². The van der Waals surface area contributed by atoms with E-state index in [1.54, 1.807) is 11.0 Å². The molecule has 0 spiro atoms. The molecule has 0 radical (unpaired) electrons. The maximum Gasteiger partial charge on any atom is 0.260 e. The molecule has 4 rings (SSSR count). The summed E-state index contributed by atoms with van der Waals surface area (Å²) in [4.78, 5) is 21.1. The van der Waals surface area contributed by atoms with Crippen molar-refractivity contribution in [3.8, 4) is 0 Å². The Morgan fingerprint density at radius 2 is 1.85 bits per heavy atom. The molecule has 3 saturated heterocycles. The van der Waals surface area contributed by atoms with Crippen LogP contribution in [0, 0.1) is 5.92 Å². The molecule has 13 heteroatoms. The molecule has 3 aliphatic rings. The van der Waals surface area contributed by atoms with Gasteiger partial charge in [0, 0.05) is 58.1 Å². The summed E-state index contributed by atoms with van der Waals surface area (Å²) in [5.74, 6) is -0.863. The second-order valence-electron chi connectivity index (χ2n) is 8.74. The maximum atomic E-state index is 13.5. The highest BCUT2D eigenvalue weighted by molar-refractivity contribution is 7.91. The van der Waals surface area contributed by atoms with Crippen molar-refractivity contribution >= 4 is 25.8 Å². The molecule has 1 amide bonds. The van der Waals surface area contributed by atoms with Crippen molar-refractivity contribution in [2.45, 2.75) is 24.0 Å². The van der Waals surface area contributed by atoms with Crippen LogP contribution in [0.5, 0.6) is 0 Å². The number of pyridine rings is 1. The van der Waals surface area contributed by atoms with Crippen molar-refractivity contribution in [1.29, 1.82) is 0 Å². The van der Waals surface area contributed by atoms with Crippen LogP contribution in [0.4, 0.5) is 0 Å². The summed E-state index contributed by atoms with van der Waals surface area (Å²) in [6, 6.07) is 3.00. The fourth-order valence-corrected chi connectivity index (χ4v) is 7.36. The third kappa shape index (κ3) is 5.54. The fraction of sp³-hybridized carbons (Fsp3) is 0.700. The van der Waals surface area contributed by atoms with Crippen molar-refractivity contribution in [3.05, 3.63) is 23.9 Å². The number of ether oxygens (including phenoxy) is 1. The van der Waals surface area contributed by atoms with Crippen LogP contribution in [0.1, 0.15) is 12.0 Å². The number of aromatic nitrogens is 1. The van der Waals surface area contributed by atoms with Gasteiger partial charge in [-0.1, -0.05) is 0 Å². The van der Waals surface area contributed by atoms with Gasteiger partial charge < -0.3 is 15.4 Å². The lowest BCUT2D eigenvalue weighted by molar-refractivity contribution is -0.137. The Hall–Kier alpha value is -1.64. The first-order valence-corrected chi connectivity index (χ1v) is 14.4. The summed E-state index contributed by atoms with van der Waals surface area (Å²) < 4.78 is 57.3. The van der Waals surface area contributed by atoms with Crippen LogP contribution < -0.4 is 5.73 Å². The largest absolute Gasteiger partial charge is 0.379 e. The van der Waals surface area contributed by atoms with Crippen molar-refractivity contribution in [2.75, 3.05) is 64.0 Å². The number of nitrogens with zero attached hydrogens (tertiary/aromatic N) is 4. The Kier molecular flexibility index (Phi) is 7.36. The number of carbonyl (C=O) groups is 1. The highest BCUT2D eigenvalue weighted by Gasteiger charge is 2.42. The number of hydrogen-bond acceptors (Lipinski definition) is 9. The van der Waals surface area contributed by atoms with E-state index in [1.165, 1.54) is 16.6 Å². The van der Waals surface area contributed by atoms with E-state index in [0.717, 1.165) is 0 Å². The third-order valence-corrected chi connectivity index (χ3v) is 9.94. The summed E-state index contributed by atoms with van der Waals surface area (Å²) in [6.45, 7) is 3.25. The van der Waals surface area contributed by atoms with Gasteiger partial charge in [0.05, 0.1) is 30.6 Å². The van der Waals surface area contributed by atoms with Crippen LogP contribution in [0.2, 0.25) is 0 Å². The van der Waals surface area contributed by atoms with Gasteiger partial charge in [-0.25, -0.2) is 21.8 Å². The summed E-state index contributed by atoms with van der Waals surface area (Å²) in [6.07, 6.45) is 1.94. The lowest BCUT2D eigenvalue weighted by Gasteiger charge is -2.43. The molecular formula is C20H31N5O6S2. The quantitative estimate of drug-likeness (QED) is 0.510. The number of carbonyl (C=O) groups excluding carboxylic acids is 1. The van der Waals surface area contributed by atoms with E-state index in [1.807, 2.05) is 0 Å². The first-order chi connectivity index (χ1) is 15.7. The molecule has 0 bridgehead atoms. The van der Waals surface area contributed by atoms with Crippen LogP contribution in [0.15, 0.2) is 23.4 Å². The SMILES string of the molecule is NCc1ccnc(S(=O)(=O)N2CC(C(=O)N3CCS(=O)(=O)CC3)CC(N3CCOCC3)C2)c1. The molecule has 2 atom stereocenters. The van der Waals surface area contributed by atoms with Gasteiger partial charge in [-0.15, -0.1) is 0 Å². The summed E-state index contributed by atoms with van der Waals surface area (Å²) in [5, 5.41) is -0.0802. The molecule has 3 aliphatic heterocycles. The first kappa shape index (κ1) is 24.5. The van der Waals surface area contributed by atoms with E-state index in [9.17, 15) is 21.6 Å². The number of sulfone groups is 1. The normalized spacial score (nSPS) is 27.4. The molecule has 4 heterocycles. The number of piperidine rings is 1. The van der Waals surface area contributed by atoms with E-state index in [4.69, 9.17) is 10.5 Å². The lowest BCUT2D eigenvalue weighted by atomic mass is 9.93. The maximum absolute atomic E-state index is 13.5. The molecule has 0 aromatic carbocycles. The van der Waals surface area contributed by atoms with Crippen LogP contribution in [0.25, 0.3) is 0 Å². The molecule has 2 unspecified atom stereocenters. The molecular weight excluding hydrogens is 470 g/mol. The van der Waals surface area contributed by atoms with Crippen LogP contribution in [0.3, 0.4) is 0 Å². The van der Waals surface area contributed by atoms with Crippen LogP contribution >= 0.6 is 0 Å². The highest BCUT2D eigenvalue weighted by Crippen LogP contribution is 2.28. The number of amides is 1. The third-order valence-electron chi connectivity index (χ3n) is 6.60. The minimum absolute atomic E-state index is 0.0415. The summed E-state index contributed by atoms with van der Waals surface area (Å²) >= 11 is 0. The van der Waals surface area contributed by atoms with Gasteiger partial charge >= 0.3 is 0 Å². The van der Waals surface area contributed by atoms with Crippen molar-refractivity contribution < 1.29 is 26.4 Å². The standard InChI is InChI=1S/C20H31N5O6S2/c21-13-16-1-2-22-19(11-16)33(29,30)25-14-17(12-18(15-25)23-3-7-31-8-4-23)20(26)24-5-9-32(27,28)10-6-24/h1-2,11,17-18H,3-10,12-15,21H2. The summed E-state index contributed by atoms with van der Waals surface area (Å²) in [5.41, 5.74) is 6.34. The molecule has 3 fully saturated rings. The van der Waals surface area contributed by atoms with Gasteiger partial charge in [-0.2, -0.15) is 4.31 Å². The number of sulfonamides is 1. The molecule has 0 saturated carbocycles. The predicted molar refractivity (Wildman–Crippen MR) is 120 cm³/mol. The fourth-order valence-electron chi connectivity index (χ4n) is 4.66. The lowest BCUT2D eigenvalue weighted by Crippen LogP contribution is -2.58. The average Bonchev–Trinajstić information content (AvgIpc) is 2.84. The van der Waals surface area contributed by atoms with E-state index in [-0.39, 0.29) is 61.2 Å². The van der Waals surface area contributed by atoms with E-state index in [2.05, 4.69) is 9.88 Å². The number of morpholine rings is 1. The Balaban J connectivity index is 1.58. The van der Waals surface area contributed by atoms with Crippen LogP contribution in [-0.2, 0) is 35.9 Å². The molecule has 33 heavy (non-hydrogen) atoms. The van der Waals surface area contributed by atoms with Gasteiger partial charge in [0.25, 0.3) is 10.0 Å². The zero-order valence-electron chi connectivity index (χ0n) is 18.5. The highest BCUT2D eigenvalue weighted by atomic mass is 32.2. The minimum atomic E-state index is -3.94. The van der Waals surface area contributed by atoms with Crippen molar-refractivity contribution in [3.63, 3.8) is 0 Å². The zero-order chi connectivity index (χ0) is 23.6.